The molecule has 0 amide bonds. The molecule has 5 heteroatoms. The largest absolute Gasteiger partial charge is 0.493 e. The maximum Gasteiger partial charge on any atom is 0.187 e. The Morgan fingerprint density at radius 3 is 2.44 bits per heavy atom. The van der Waals surface area contributed by atoms with Crippen LogP contribution in [0.3, 0.4) is 0 Å². The van der Waals surface area contributed by atoms with Gasteiger partial charge in [-0.05, 0) is 44.2 Å². The lowest BCUT2D eigenvalue weighted by molar-refractivity contribution is 0.0907. The zero-order valence-corrected chi connectivity index (χ0v) is 15.8. The summed E-state index contributed by atoms with van der Waals surface area (Å²) < 4.78 is 7.62. The molecule has 0 bridgehead atoms. The van der Waals surface area contributed by atoms with Gasteiger partial charge >= 0.3 is 0 Å². The Morgan fingerprint density at radius 2 is 1.78 bits per heavy atom. The number of ether oxygens (including phenoxy) is 1. The molecule has 1 aromatic heterocycles. The summed E-state index contributed by atoms with van der Waals surface area (Å²) in [6, 6.07) is 15.2. The highest BCUT2D eigenvalue weighted by atomic mass is 16.5. The van der Waals surface area contributed by atoms with Gasteiger partial charge in [0.25, 0.3) is 0 Å². The van der Waals surface area contributed by atoms with Crippen LogP contribution in [0.4, 0.5) is 0 Å². The number of carbonyl (C=O) groups excluding carboxylic acids is 1. The van der Waals surface area contributed by atoms with Crippen molar-refractivity contribution in [3.63, 3.8) is 0 Å². The second-order valence-electron chi connectivity index (χ2n) is 6.69. The van der Waals surface area contributed by atoms with E-state index in [0.29, 0.717) is 18.6 Å². The molecule has 1 atom stereocenters. The lowest BCUT2D eigenvalue weighted by Gasteiger charge is -2.16. The number of aryl methyl sites for hydroxylation is 2. The summed E-state index contributed by atoms with van der Waals surface area (Å²) in [4.78, 5) is 16.9. The van der Waals surface area contributed by atoms with Gasteiger partial charge in [0, 0.05) is 5.56 Å². The zero-order valence-electron chi connectivity index (χ0n) is 15.8. The molecule has 5 nitrogen and oxygen atoms in total. The van der Waals surface area contributed by atoms with E-state index in [1.54, 1.807) is 11.0 Å². The number of rotatable bonds is 9. The molecule has 0 N–H and O–H groups in total. The molecule has 0 fully saturated rings. The SMILES string of the molecule is Cc1cccc(C)c1OCCCCC(C(=O)c1ccccc1)n1cncn1. The third-order valence-corrected chi connectivity index (χ3v) is 4.64. The molecule has 0 aliphatic rings. The Morgan fingerprint density at radius 1 is 1.04 bits per heavy atom. The van der Waals surface area contributed by atoms with Gasteiger partial charge in [-0.2, -0.15) is 5.10 Å². The molecule has 27 heavy (non-hydrogen) atoms. The van der Waals surface area contributed by atoms with Crippen molar-refractivity contribution in [2.24, 2.45) is 0 Å². The normalized spacial score (nSPS) is 11.9. The Balaban J connectivity index is 1.57. The van der Waals surface area contributed by atoms with Crippen molar-refractivity contribution in [1.29, 1.82) is 0 Å². The van der Waals surface area contributed by atoms with Crippen molar-refractivity contribution in [2.45, 2.75) is 39.2 Å². The fourth-order valence-electron chi connectivity index (χ4n) is 3.20. The molecule has 1 heterocycles. The van der Waals surface area contributed by atoms with E-state index in [9.17, 15) is 4.79 Å². The molecule has 3 rings (SSSR count). The van der Waals surface area contributed by atoms with Gasteiger partial charge in [0.15, 0.2) is 5.78 Å². The molecule has 140 valence electrons. The van der Waals surface area contributed by atoms with Crippen LogP contribution in [0.15, 0.2) is 61.2 Å². The molecule has 0 aliphatic carbocycles. The van der Waals surface area contributed by atoms with Crippen LogP contribution in [-0.2, 0) is 0 Å². The fourth-order valence-corrected chi connectivity index (χ4v) is 3.20. The first-order valence-electron chi connectivity index (χ1n) is 9.29. The Labute approximate surface area is 160 Å². The Hall–Kier alpha value is -2.95. The van der Waals surface area contributed by atoms with Crippen LogP contribution >= 0.6 is 0 Å². The minimum Gasteiger partial charge on any atom is -0.493 e. The molecule has 0 saturated carbocycles. The molecule has 0 saturated heterocycles. The molecule has 0 radical (unpaired) electrons. The van der Waals surface area contributed by atoms with Gasteiger partial charge in [0.2, 0.25) is 0 Å². The summed E-state index contributed by atoms with van der Waals surface area (Å²) in [5, 5.41) is 4.19. The van der Waals surface area contributed by atoms with Crippen molar-refractivity contribution in [3.05, 3.63) is 77.9 Å². The highest BCUT2D eigenvalue weighted by Gasteiger charge is 2.22. The maximum atomic E-state index is 12.9. The highest BCUT2D eigenvalue weighted by molar-refractivity contribution is 5.98. The predicted molar refractivity (Wildman–Crippen MR) is 105 cm³/mol. The number of carbonyl (C=O) groups is 1. The first-order chi connectivity index (χ1) is 13.2. The molecule has 3 aromatic rings. The van der Waals surface area contributed by atoms with E-state index in [0.717, 1.165) is 29.7 Å². The van der Waals surface area contributed by atoms with Gasteiger partial charge in [0.05, 0.1) is 6.61 Å². The number of para-hydroxylation sites is 1. The summed E-state index contributed by atoms with van der Waals surface area (Å²) in [6.07, 6.45) is 5.52. The van der Waals surface area contributed by atoms with Crippen molar-refractivity contribution < 1.29 is 9.53 Å². The van der Waals surface area contributed by atoms with E-state index >= 15 is 0 Å². The lowest BCUT2D eigenvalue weighted by atomic mass is 9.99. The minimum absolute atomic E-state index is 0.0665. The van der Waals surface area contributed by atoms with E-state index < -0.39 is 0 Å². The zero-order chi connectivity index (χ0) is 19.1. The average Bonchev–Trinajstić information content (AvgIpc) is 3.21. The summed E-state index contributed by atoms with van der Waals surface area (Å²) in [5.41, 5.74) is 2.99. The summed E-state index contributed by atoms with van der Waals surface area (Å²) in [5.74, 6) is 1.03. The standard InChI is InChI=1S/C22H25N3O2/c1-17-9-8-10-18(2)22(17)27-14-7-6-13-20(25-16-23-15-24-25)21(26)19-11-4-3-5-12-19/h3-5,8-12,15-16,20H,6-7,13-14H2,1-2H3. The number of Topliss-reactive ketones (excluding diaryl/α,β-unsaturated/α-hetero) is 1. The van der Waals surface area contributed by atoms with Crippen molar-refractivity contribution >= 4 is 5.78 Å². The number of hydrogen-bond acceptors (Lipinski definition) is 4. The van der Waals surface area contributed by atoms with Crippen LogP contribution in [-0.4, -0.2) is 27.2 Å². The summed E-state index contributed by atoms with van der Waals surface area (Å²) in [7, 11) is 0. The van der Waals surface area contributed by atoms with Crippen LogP contribution < -0.4 is 4.74 Å². The van der Waals surface area contributed by atoms with E-state index in [4.69, 9.17) is 4.74 Å². The monoisotopic (exact) mass is 363 g/mol. The van der Waals surface area contributed by atoms with Gasteiger partial charge in [-0.3, -0.25) is 4.79 Å². The Kier molecular flexibility index (Phi) is 6.36. The first kappa shape index (κ1) is 18.8. The van der Waals surface area contributed by atoms with Crippen LogP contribution in [0.1, 0.15) is 46.8 Å². The third kappa shape index (κ3) is 4.82. The number of nitrogens with zero attached hydrogens (tertiary/aromatic N) is 3. The molecule has 0 spiro atoms. The fraction of sp³-hybridized carbons (Fsp3) is 0.318. The molecule has 0 aliphatic heterocycles. The van der Waals surface area contributed by atoms with E-state index in [2.05, 4.69) is 36.1 Å². The van der Waals surface area contributed by atoms with Crippen LogP contribution in [0.2, 0.25) is 0 Å². The van der Waals surface area contributed by atoms with Crippen LogP contribution in [0.5, 0.6) is 5.75 Å². The average molecular weight is 363 g/mol. The van der Waals surface area contributed by atoms with Crippen molar-refractivity contribution in [1.82, 2.24) is 14.8 Å². The maximum absolute atomic E-state index is 12.9. The predicted octanol–water partition coefficient (Wildman–Crippen LogP) is 4.57. The second-order valence-corrected chi connectivity index (χ2v) is 6.69. The third-order valence-electron chi connectivity index (χ3n) is 4.64. The van der Waals surface area contributed by atoms with E-state index in [1.807, 2.05) is 36.4 Å². The minimum atomic E-state index is -0.338. The van der Waals surface area contributed by atoms with Gasteiger partial charge in [-0.15, -0.1) is 0 Å². The number of aromatic nitrogens is 3. The topological polar surface area (TPSA) is 57.0 Å². The van der Waals surface area contributed by atoms with E-state index in [1.165, 1.54) is 6.33 Å². The Bertz CT molecular complexity index is 840. The van der Waals surface area contributed by atoms with Crippen LogP contribution in [0, 0.1) is 13.8 Å². The smallest absolute Gasteiger partial charge is 0.187 e. The number of benzene rings is 2. The van der Waals surface area contributed by atoms with Gasteiger partial charge in [-0.25, -0.2) is 9.67 Å². The van der Waals surface area contributed by atoms with Crippen molar-refractivity contribution in [2.75, 3.05) is 6.61 Å². The molecular weight excluding hydrogens is 338 g/mol. The number of ketones is 1. The van der Waals surface area contributed by atoms with Gasteiger partial charge < -0.3 is 4.74 Å². The lowest BCUT2D eigenvalue weighted by Crippen LogP contribution is -2.20. The molecule has 1 unspecified atom stereocenters. The van der Waals surface area contributed by atoms with Crippen LogP contribution in [0.25, 0.3) is 0 Å². The van der Waals surface area contributed by atoms with Crippen molar-refractivity contribution in [3.8, 4) is 5.75 Å². The summed E-state index contributed by atoms with van der Waals surface area (Å²) in [6.45, 7) is 4.75. The second kappa shape index (κ2) is 9.12. The van der Waals surface area contributed by atoms with Gasteiger partial charge in [-0.1, -0.05) is 48.5 Å². The van der Waals surface area contributed by atoms with Gasteiger partial charge in [0.1, 0.15) is 24.4 Å². The quantitative estimate of drug-likeness (QED) is 0.413. The first-order valence-corrected chi connectivity index (χ1v) is 9.29. The molecule has 2 aromatic carbocycles. The van der Waals surface area contributed by atoms with E-state index in [-0.39, 0.29) is 11.8 Å². The highest BCUT2D eigenvalue weighted by Crippen LogP contribution is 2.23. The number of unbranched alkanes of at least 4 members (excludes halogenated alkanes) is 1. The number of hydrogen-bond donors (Lipinski definition) is 0. The molecular formula is C22H25N3O2. The summed E-state index contributed by atoms with van der Waals surface area (Å²) >= 11 is 0.